The molecule has 1 aromatic carbocycles. The molecule has 15 atom stereocenters. The standard InChI is InChI=1S/C31H43F2N5O2.C29H49N5O2.C28H48N6O2.C28H47N5O2/c1-20-13-37(26(12-34-20)15-35-9-10-40-18-21(35)2)17-29(39)38-19-31(5,6)30-22(3)23(4)36(16-28(30)38)14-24-7-8-25(32)11-27(24)33;1-9-10-11-24-12-26-28(31(8)23(24)5)29(6,7)19-34(26)27(35)16-32-14-20(2)30-13-25(32)15-33-21(3)17-36-18-22(33)4;1-8-9-10-23-11-25-27(34(29)22(23)5)28(6,7)18-33(25)26(35)15-31-13-19(2)30-12-24(31)14-32-20(3)16-36-17-21(32)4;1-8-9-10-23-11-25-27(30-22(23)5)28(6,7)18-33(25)26(34)15-31-13-19(2)29-12-24(31)14-32-20(3)16-35-17-21(32)4/h7-8,11,16,20-21,26,34H,4,9-10,12-15,17-19H2,1-3,5-6H3;12,20-22,25,30H,5,9-11,13-19H2,1-4,6-8H3;11,19-21,24,30H,5,8-10,12-18,29H2,1-4,6-7H3;11,19-21,24,29-30H,5,8-10,12-18H2,1-4,6-7H3/t20-,21-,26-;20-,21-,22-,25-;2*19-,20-,21-,24-/m1111/s1. The van der Waals surface area contributed by atoms with Gasteiger partial charge in [-0.15, -0.1) is 0 Å². The van der Waals surface area contributed by atoms with Crippen molar-refractivity contribution in [3.8, 4) is 0 Å². The number of amides is 4. The lowest BCUT2D eigenvalue weighted by atomic mass is 9.81. The number of halogens is 2. The first-order chi connectivity index (χ1) is 69.6. The number of rotatable bonds is 27. The Hall–Kier alpha value is -7.64. The van der Waals surface area contributed by atoms with E-state index in [-0.39, 0.29) is 63.9 Å². The third-order valence-corrected chi connectivity index (χ3v) is 34.0. The minimum atomic E-state index is -0.603. The zero-order valence-electron chi connectivity index (χ0n) is 94.4. The van der Waals surface area contributed by atoms with Crippen LogP contribution in [0.2, 0.25) is 0 Å². The van der Waals surface area contributed by atoms with Crippen LogP contribution in [0, 0.1) is 33.3 Å². The number of hydrazine groups is 1. The largest absolute Gasteiger partial charge is 0.379 e. The van der Waals surface area contributed by atoms with Crippen LogP contribution in [0.4, 0.5) is 8.78 Å². The van der Waals surface area contributed by atoms with Crippen LogP contribution in [0.3, 0.4) is 0 Å². The first kappa shape index (κ1) is 115. The van der Waals surface area contributed by atoms with Crippen molar-refractivity contribution >= 4 is 23.6 Å². The Balaban J connectivity index is 0.000000155. The highest BCUT2D eigenvalue weighted by Crippen LogP contribution is 2.51. The molecule has 9 saturated heterocycles. The number of benzene rings is 1. The molecule has 7 N–H and O–H groups in total. The van der Waals surface area contributed by atoms with E-state index >= 15 is 0 Å². The Morgan fingerprint density at radius 2 is 0.823 bits per heavy atom. The predicted molar refractivity (Wildman–Crippen MR) is 585 cm³/mol. The zero-order valence-corrected chi connectivity index (χ0v) is 94.4. The third-order valence-electron chi connectivity index (χ3n) is 34.0. The molecule has 0 bridgehead atoms. The number of fused-ring (bicyclic) bond motifs is 1. The van der Waals surface area contributed by atoms with Gasteiger partial charge in [-0.3, -0.25) is 63.4 Å². The monoisotopic (exact) mass is 2040 g/mol. The van der Waals surface area contributed by atoms with Crippen molar-refractivity contribution in [2.24, 2.45) is 27.5 Å². The highest BCUT2D eigenvalue weighted by atomic mass is 19.1. The van der Waals surface area contributed by atoms with Crippen LogP contribution in [-0.2, 0) is 44.7 Å². The summed E-state index contributed by atoms with van der Waals surface area (Å²) < 4.78 is 50.9. The van der Waals surface area contributed by atoms with E-state index in [1.807, 2.05) is 32.7 Å². The lowest BCUT2D eigenvalue weighted by Crippen LogP contribution is -2.63. The number of carbonyl (C=O) groups is 4. The molecular weight excluding hydrogens is 1850 g/mol. The molecule has 0 spiro atoms. The maximum absolute atomic E-state index is 14.5. The van der Waals surface area contributed by atoms with Gasteiger partial charge in [0.25, 0.3) is 0 Å². The number of hydrogen-bond donors (Lipinski definition) is 6. The fourth-order valence-electron chi connectivity index (χ4n) is 25.4. The summed E-state index contributed by atoms with van der Waals surface area (Å²) in [5, 5.41) is 19.9. The summed E-state index contributed by atoms with van der Waals surface area (Å²) in [6.07, 6.45) is 18.3. The highest BCUT2D eigenvalue weighted by Gasteiger charge is 2.52. The highest BCUT2D eigenvalue weighted by molar-refractivity contribution is 5.85. The molecule has 16 aliphatic rings. The quantitative estimate of drug-likeness (QED) is 0.0449. The number of ether oxygens (including phenoxy) is 4. The molecule has 16 heterocycles. The Morgan fingerprint density at radius 1 is 0.449 bits per heavy atom. The topological polar surface area (TPSA) is 240 Å². The normalized spacial score (nSPS) is 30.6. The van der Waals surface area contributed by atoms with Gasteiger partial charge in [0, 0.05) is 277 Å². The number of allylic oxidation sites excluding steroid dienone is 8. The van der Waals surface area contributed by atoms with E-state index in [1.165, 1.54) is 29.0 Å². The molecule has 0 aromatic heterocycles. The smallest absolute Gasteiger partial charge is 0.241 e. The average Bonchev–Trinajstić information content (AvgIpc) is 1.62. The second-order valence-electron chi connectivity index (χ2n) is 48.5. The summed E-state index contributed by atoms with van der Waals surface area (Å²) in [5.74, 6) is 6.02. The summed E-state index contributed by atoms with van der Waals surface area (Å²) in [4.78, 5) is 87.6. The number of morpholine rings is 4. The van der Waals surface area contributed by atoms with Gasteiger partial charge < -0.3 is 74.9 Å². The molecule has 147 heavy (non-hydrogen) atoms. The number of piperazine rings is 4. The van der Waals surface area contributed by atoms with Gasteiger partial charge >= 0.3 is 0 Å². The lowest BCUT2D eigenvalue weighted by Gasteiger charge is -2.46. The van der Waals surface area contributed by atoms with E-state index < -0.39 is 11.6 Å². The van der Waals surface area contributed by atoms with E-state index in [1.54, 1.807) is 5.01 Å². The molecule has 31 heteroatoms. The first-order valence-corrected chi connectivity index (χ1v) is 55.9. The molecular formula is C116H187F2N21O8. The zero-order chi connectivity index (χ0) is 106. The number of carbonyl (C=O) groups excluding carboxylic acids is 4. The molecule has 0 radical (unpaired) electrons. The molecule has 0 aliphatic carbocycles. The SMILES string of the molecule is C=C1C(C)=C2C(=CN1Cc1ccc(F)cc1F)N(C(=O)CN1C[C@@H](C)NC[C@@H]1CN1CCOC[C@H]1C)CC2(C)C.C=C1C(CCCC)=CC2=C(N1C)C(C)(C)CN2C(=O)CN1C[C@@H](C)NC[C@@H]1CN1[C@H](C)COC[C@H]1C.C=C1C(CCCC)=CC2=C(N1N)C(C)(C)CN2C(=O)CN1C[C@@H](C)NC[C@@H]1CN1[C@H](C)COC[C@H]1C.C=C1NC2=C(C=C1CCCC)N(C(=O)CN1C[C@@H](C)NC[C@@H]1CN1[C@H](C)COC[C@H]1C)CC2(C)C. The van der Waals surface area contributed by atoms with E-state index in [0.717, 1.165) is 282 Å². The van der Waals surface area contributed by atoms with Crippen LogP contribution in [0.1, 0.15) is 223 Å². The Labute approximate surface area is 881 Å². The number of dihydropyridines is 1. The molecule has 1 aromatic rings. The van der Waals surface area contributed by atoms with Crippen molar-refractivity contribution in [2.75, 3.05) is 197 Å². The molecule has 17 rings (SSSR count). The predicted octanol–water partition coefficient (Wildman–Crippen LogP) is 12.8. The van der Waals surface area contributed by atoms with Gasteiger partial charge in [-0.25, -0.2) is 14.6 Å². The number of unbranched alkanes of at least 4 members (excludes halogenated alkanes) is 3. The first-order valence-electron chi connectivity index (χ1n) is 55.9. The molecule has 9 fully saturated rings. The number of nitrogens with one attached hydrogen (secondary N) is 5. The molecule has 29 nitrogen and oxygen atoms in total. The summed E-state index contributed by atoms with van der Waals surface area (Å²) in [6.45, 7) is 90.3. The number of likely N-dealkylation sites (N-methyl/N-ethyl adjacent to an activating group) is 1. The van der Waals surface area contributed by atoms with Crippen LogP contribution in [0.25, 0.3) is 0 Å². The fourth-order valence-corrected chi connectivity index (χ4v) is 25.4. The van der Waals surface area contributed by atoms with Gasteiger partial charge in [-0.05, 0) is 174 Å². The van der Waals surface area contributed by atoms with E-state index in [9.17, 15) is 28.0 Å². The summed E-state index contributed by atoms with van der Waals surface area (Å²) >= 11 is 0. The molecule has 16 aliphatic heterocycles. The summed E-state index contributed by atoms with van der Waals surface area (Å²) in [5.41, 5.74) is 16.4. The van der Waals surface area contributed by atoms with Gasteiger partial charge in [0.1, 0.15) is 11.6 Å². The van der Waals surface area contributed by atoms with Crippen LogP contribution in [0.15, 0.2) is 159 Å². The number of nitrogens with two attached hydrogens (primary N) is 1. The summed E-state index contributed by atoms with van der Waals surface area (Å²) in [7, 11) is 2.12. The molecule has 0 saturated carbocycles. The van der Waals surface area contributed by atoms with E-state index in [2.05, 4.69) is 279 Å². The number of hydrogen-bond acceptors (Lipinski definition) is 25. The van der Waals surface area contributed by atoms with Crippen LogP contribution in [-0.4, -0.2) is 385 Å². The minimum absolute atomic E-state index is 0.0664. The maximum Gasteiger partial charge on any atom is 0.241 e. The van der Waals surface area contributed by atoms with Crippen LogP contribution < -0.4 is 32.4 Å². The second kappa shape index (κ2) is 49.2. The lowest BCUT2D eigenvalue weighted by molar-refractivity contribution is -0.132. The van der Waals surface area contributed by atoms with Crippen molar-refractivity contribution in [3.63, 3.8) is 0 Å². The van der Waals surface area contributed by atoms with Crippen molar-refractivity contribution < 1.29 is 46.9 Å². The van der Waals surface area contributed by atoms with Gasteiger partial charge in [0.05, 0.1) is 120 Å². The third kappa shape index (κ3) is 26.7. The summed E-state index contributed by atoms with van der Waals surface area (Å²) in [6, 6.07) is 8.90. The van der Waals surface area contributed by atoms with Gasteiger partial charge in [0.2, 0.25) is 23.6 Å². The Bertz CT molecular complexity index is 4990. The van der Waals surface area contributed by atoms with Gasteiger partial charge in [-0.2, -0.15) is 0 Å². The Morgan fingerprint density at radius 3 is 1.25 bits per heavy atom. The van der Waals surface area contributed by atoms with Crippen molar-refractivity contribution in [1.29, 1.82) is 0 Å². The molecule has 0 unspecified atom stereocenters. The van der Waals surface area contributed by atoms with Gasteiger partial charge in [0.15, 0.2) is 0 Å². The average molecular weight is 2040 g/mol. The van der Waals surface area contributed by atoms with E-state index in [0.29, 0.717) is 130 Å². The maximum atomic E-state index is 14.5. The van der Waals surface area contributed by atoms with Crippen LogP contribution in [0.5, 0.6) is 0 Å². The Kier molecular flexibility index (Phi) is 38.5. The van der Waals surface area contributed by atoms with E-state index in [4.69, 9.17) is 24.8 Å². The molecule has 818 valence electrons. The number of nitrogens with zero attached hydrogens (tertiary/aromatic N) is 15. The fraction of sp³-hybridized carbons (Fsp3) is 0.707. The van der Waals surface area contributed by atoms with Crippen molar-refractivity contribution in [3.05, 3.63) is 177 Å². The molecule has 4 amide bonds. The second-order valence-corrected chi connectivity index (χ2v) is 48.5. The van der Waals surface area contributed by atoms with Crippen molar-refractivity contribution in [1.82, 2.24) is 100 Å². The van der Waals surface area contributed by atoms with Crippen molar-refractivity contribution in [2.45, 2.75) is 314 Å². The minimum Gasteiger partial charge on any atom is -0.379 e. The number of likely N-dealkylation sites (tertiary alicyclic amines) is 1. The van der Waals surface area contributed by atoms with Crippen LogP contribution >= 0.6 is 0 Å². The van der Waals surface area contributed by atoms with Gasteiger partial charge in [-0.1, -0.05) is 128 Å².